The van der Waals surface area contributed by atoms with E-state index in [-0.39, 0.29) is 6.04 Å². The summed E-state index contributed by atoms with van der Waals surface area (Å²) >= 11 is 0. The van der Waals surface area contributed by atoms with E-state index in [1.54, 1.807) is 0 Å². The molecule has 2 atom stereocenters. The molecule has 1 N–H and O–H groups in total. The zero-order chi connectivity index (χ0) is 20.7. The number of aryl methyl sites for hydroxylation is 1. The summed E-state index contributed by atoms with van der Waals surface area (Å²) in [7, 11) is 4.43. The van der Waals surface area contributed by atoms with Crippen molar-refractivity contribution >= 4 is 16.7 Å². The van der Waals surface area contributed by atoms with Crippen LogP contribution in [0.1, 0.15) is 48.4 Å². The van der Waals surface area contributed by atoms with Gasteiger partial charge in [-0.05, 0) is 64.0 Å². The first kappa shape index (κ1) is 19.5. The quantitative estimate of drug-likeness (QED) is 0.717. The molecule has 0 amide bonds. The molecule has 158 valence electrons. The maximum absolute atomic E-state index is 5.05. The number of hydrogen-bond acceptors (Lipinski definition) is 5. The number of imidazole rings is 1. The highest BCUT2D eigenvalue weighted by atomic mass is 15.3. The Labute approximate surface area is 178 Å². The van der Waals surface area contributed by atoms with E-state index in [9.17, 15) is 0 Å². The Hall–Kier alpha value is -2.44. The van der Waals surface area contributed by atoms with E-state index in [1.807, 2.05) is 12.3 Å². The molecule has 2 fully saturated rings. The second kappa shape index (κ2) is 8.00. The summed E-state index contributed by atoms with van der Waals surface area (Å²) in [5, 5.41) is 0. The van der Waals surface area contributed by atoms with E-state index in [0.29, 0.717) is 6.04 Å². The van der Waals surface area contributed by atoms with Gasteiger partial charge in [0.2, 0.25) is 0 Å². The molecule has 0 aliphatic carbocycles. The summed E-state index contributed by atoms with van der Waals surface area (Å²) in [6.07, 6.45) is 5.39. The van der Waals surface area contributed by atoms with Gasteiger partial charge in [-0.1, -0.05) is 12.1 Å². The number of fused-ring (bicyclic) bond motifs is 1. The second-order valence-corrected chi connectivity index (χ2v) is 8.92. The number of piperidine rings is 1. The van der Waals surface area contributed by atoms with Crippen LogP contribution < -0.4 is 4.90 Å². The van der Waals surface area contributed by atoms with Gasteiger partial charge in [0.25, 0.3) is 0 Å². The van der Waals surface area contributed by atoms with E-state index in [0.717, 1.165) is 50.4 Å². The van der Waals surface area contributed by atoms with Gasteiger partial charge in [0.15, 0.2) is 0 Å². The lowest BCUT2D eigenvalue weighted by molar-refractivity contribution is 0.107. The summed E-state index contributed by atoms with van der Waals surface area (Å²) in [5.74, 6) is 1.09. The Morgan fingerprint density at radius 2 is 1.77 bits per heavy atom. The zero-order valence-corrected chi connectivity index (χ0v) is 18.3. The number of anilines is 1. The normalized spacial score (nSPS) is 23.9. The molecule has 30 heavy (non-hydrogen) atoms. The highest BCUT2D eigenvalue weighted by Crippen LogP contribution is 2.40. The van der Waals surface area contributed by atoms with Crippen LogP contribution in [0, 0.1) is 6.92 Å². The van der Waals surface area contributed by atoms with Crippen molar-refractivity contribution in [3.63, 3.8) is 0 Å². The third-order valence-corrected chi connectivity index (χ3v) is 6.98. The Balaban J connectivity index is 1.46. The largest absolute Gasteiger partial charge is 0.367 e. The van der Waals surface area contributed by atoms with Crippen molar-refractivity contribution in [1.82, 2.24) is 24.8 Å². The van der Waals surface area contributed by atoms with Crippen LogP contribution in [0.25, 0.3) is 11.0 Å². The maximum atomic E-state index is 5.05. The van der Waals surface area contributed by atoms with E-state index in [2.05, 4.69) is 65.0 Å². The molecule has 5 rings (SSSR count). The molecule has 0 bridgehead atoms. The number of likely N-dealkylation sites (N-methyl/N-ethyl adjacent to an activating group) is 1. The van der Waals surface area contributed by atoms with Crippen LogP contribution in [-0.4, -0.2) is 65.0 Å². The first-order valence-corrected chi connectivity index (χ1v) is 11.2. The van der Waals surface area contributed by atoms with Gasteiger partial charge >= 0.3 is 0 Å². The number of piperazine rings is 1. The summed E-state index contributed by atoms with van der Waals surface area (Å²) in [6.45, 7) is 6.51. The van der Waals surface area contributed by atoms with Gasteiger partial charge in [0, 0.05) is 32.4 Å². The van der Waals surface area contributed by atoms with E-state index in [4.69, 9.17) is 9.97 Å². The molecule has 2 aliphatic rings. The van der Waals surface area contributed by atoms with E-state index in [1.165, 1.54) is 28.9 Å². The summed E-state index contributed by atoms with van der Waals surface area (Å²) in [4.78, 5) is 20.9. The highest BCUT2D eigenvalue weighted by molar-refractivity contribution is 5.89. The minimum Gasteiger partial charge on any atom is -0.367 e. The Kier molecular flexibility index (Phi) is 5.21. The van der Waals surface area contributed by atoms with Crippen molar-refractivity contribution in [3.05, 3.63) is 53.6 Å². The number of aromatic nitrogens is 3. The first-order chi connectivity index (χ1) is 14.6. The van der Waals surface area contributed by atoms with Crippen molar-refractivity contribution < 1.29 is 0 Å². The van der Waals surface area contributed by atoms with E-state index >= 15 is 0 Å². The number of nitrogens with one attached hydrogen (secondary N) is 1. The number of likely N-dealkylation sites (tertiary alicyclic amines) is 1. The standard InChI is InChI=1S/C24H32N6/c1-17-7-6-12-25-22(17)19-9-5-11-21(29(19)3)24-26-18-8-4-10-20(23(18)27-24)30-15-13-28(2)14-16-30/h4,6-8,10,12,19,21H,5,9,11,13-16H2,1-3H3,(H,26,27)/t19-,21+/m0/s1. The smallest absolute Gasteiger partial charge is 0.124 e. The van der Waals surface area contributed by atoms with Gasteiger partial charge < -0.3 is 14.8 Å². The SMILES string of the molecule is Cc1cccnc1[C@@H]1CCC[C@H](c2nc3cccc(N4CCN(C)CC4)c3[nH]2)N1C. The fraction of sp³-hybridized carbons (Fsp3) is 0.500. The van der Waals surface area contributed by atoms with Crippen molar-refractivity contribution in [2.75, 3.05) is 45.2 Å². The Bertz CT molecular complexity index is 1020. The molecule has 1 aromatic carbocycles. The number of aromatic amines is 1. The topological polar surface area (TPSA) is 51.3 Å². The van der Waals surface area contributed by atoms with Crippen molar-refractivity contribution in [1.29, 1.82) is 0 Å². The number of para-hydroxylation sites is 1. The van der Waals surface area contributed by atoms with Gasteiger partial charge in [-0.2, -0.15) is 0 Å². The van der Waals surface area contributed by atoms with Crippen LogP contribution in [-0.2, 0) is 0 Å². The molecular weight excluding hydrogens is 372 g/mol. The van der Waals surface area contributed by atoms with Crippen LogP contribution in [0.15, 0.2) is 36.5 Å². The number of hydrogen-bond donors (Lipinski definition) is 1. The lowest BCUT2D eigenvalue weighted by atomic mass is 9.92. The third kappa shape index (κ3) is 3.48. The molecule has 0 radical (unpaired) electrons. The van der Waals surface area contributed by atoms with Crippen molar-refractivity contribution in [2.45, 2.75) is 38.3 Å². The molecule has 2 saturated heterocycles. The number of rotatable bonds is 3. The predicted molar refractivity (Wildman–Crippen MR) is 122 cm³/mol. The Morgan fingerprint density at radius 3 is 2.57 bits per heavy atom. The lowest BCUT2D eigenvalue weighted by Crippen LogP contribution is -2.44. The van der Waals surface area contributed by atoms with Crippen LogP contribution in [0.3, 0.4) is 0 Å². The van der Waals surface area contributed by atoms with Gasteiger partial charge in [-0.25, -0.2) is 4.98 Å². The number of benzene rings is 1. The van der Waals surface area contributed by atoms with Gasteiger partial charge in [0.05, 0.1) is 34.5 Å². The fourth-order valence-electron chi connectivity index (χ4n) is 5.14. The first-order valence-electron chi connectivity index (χ1n) is 11.2. The highest BCUT2D eigenvalue weighted by Gasteiger charge is 2.33. The number of nitrogens with zero attached hydrogens (tertiary/aromatic N) is 5. The second-order valence-electron chi connectivity index (χ2n) is 8.92. The molecule has 0 saturated carbocycles. The minimum atomic E-state index is 0.290. The maximum Gasteiger partial charge on any atom is 0.124 e. The molecule has 0 spiro atoms. The van der Waals surface area contributed by atoms with Crippen molar-refractivity contribution in [3.8, 4) is 0 Å². The lowest BCUT2D eigenvalue weighted by Gasteiger charge is -2.38. The van der Waals surface area contributed by atoms with Crippen LogP contribution in [0.2, 0.25) is 0 Å². The van der Waals surface area contributed by atoms with Crippen LogP contribution >= 0.6 is 0 Å². The molecule has 3 aromatic rings. The molecule has 6 nitrogen and oxygen atoms in total. The number of pyridine rings is 1. The number of H-pyrrole nitrogens is 1. The summed E-state index contributed by atoms with van der Waals surface area (Å²) < 4.78 is 0. The zero-order valence-electron chi connectivity index (χ0n) is 18.3. The molecule has 0 unspecified atom stereocenters. The molecule has 4 heterocycles. The molecule has 2 aromatic heterocycles. The monoisotopic (exact) mass is 404 g/mol. The summed E-state index contributed by atoms with van der Waals surface area (Å²) in [6, 6.07) is 11.3. The molecule has 2 aliphatic heterocycles. The minimum absolute atomic E-state index is 0.290. The van der Waals surface area contributed by atoms with Gasteiger partial charge in [-0.3, -0.25) is 9.88 Å². The molecule has 6 heteroatoms. The van der Waals surface area contributed by atoms with Gasteiger partial charge in [0.1, 0.15) is 5.82 Å². The average Bonchev–Trinajstić information content (AvgIpc) is 3.19. The van der Waals surface area contributed by atoms with Crippen molar-refractivity contribution in [2.24, 2.45) is 0 Å². The Morgan fingerprint density at radius 1 is 0.967 bits per heavy atom. The van der Waals surface area contributed by atoms with Crippen LogP contribution in [0.5, 0.6) is 0 Å². The predicted octanol–water partition coefficient (Wildman–Crippen LogP) is 3.92. The summed E-state index contributed by atoms with van der Waals surface area (Å²) in [5.41, 5.74) is 6.03. The average molecular weight is 405 g/mol. The fourth-order valence-corrected chi connectivity index (χ4v) is 5.14. The molecular formula is C24H32N6. The van der Waals surface area contributed by atoms with Crippen LogP contribution in [0.4, 0.5) is 5.69 Å². The van der Waals surface area contributed by atoms with E-state index < -0.39 is 0 Å². The van der Waals surface area contributed by atoms with Gasteiger partial charge in [-0.15, -0.1) is 0 Å². The third-order valence-electron chi connectivity index (χ3n) is 6.98.